The van der Waals surface area contributed by atoms with Gasteiger partial charge in [-0.2, -0.15) is 0 Å². The summed E-state index contributed by atoms with van der Waals surface area (Å²) in [5.74, 6) is 0.0779. The summed E-state index contributed by atoms with van der Waals surface area (Å²) in [4.78, 5) is 12.0. The first-order valence-corrected chi connectivity index (χ1v) is 7.85. The molecule has 2 aromatic carbocycles. The zero-order valence-corrected chi connectivity index (χ0v) is 14.6. The fourth-order valence-corrected chi connectivity index (χ4v) is 2.96. The first kappa shape index (κ1) is 18.3. The molecule has 0 aliphatic heterocycles. The van der Waals surface area contributed by atoms with E-state index < -0.39 is 11.6 Å². The third kappa shape index (κ3) is 3.55. The van der Waals surface area contributed by atoms with E-state index in [1.807, 2.05) is 38.1 Å². The van der Waals surface area contributed by atoms with E-state index in [2.05, 4.69) is 29.6 Å². The van der Waals surface area contributed by atoms with Gasteiger partial charge in [0, 0.05) is 18.0 Å². The molecule has 5 heteroatoms. The molecular weight excluding hydrogens is 324 g/mol. The van der Waals surface area contributed by atoms with Crippen LogP contribution in [0.3, 0.4) is 0 Å². The van der Waals surface area contributed by atoms with Crippen molar-refractivity contribution in [3.63, 3.8) is 0 Å². The van der Waals surface area contributed by atoms with Gasteiger partial charge < -0.3 is 28.2 Å². The van der Waals surface area contributed by atoms with Crippen LogP contribution >= 0.6 is 0 Å². The highest BCUT2D eigenvalue weighted by molar-refractivity contribution is 5.79. The Kier molecular flexibility index (Phi) is 5.52. The standard InChI is InChI=1S/C19H22N2O2.ClH/c1-19(2,12-20)21-18(22)23-11-17-15-9-5-3-7-13(15)14-8-4-6-10-16(14)17;/h3-10,17H,11-12,20H2,1-2H3,(H,21,22);1H/p-1. The highest BCUT2D eigenvalue weighted by Gasteiger charge is 2.29. The molecule has 1 amide bonds. The van der Waals surface area contributed by atoms with Crippen molar-refractivity contribution in [1.82, 2.24) is 5.32 Å². The Hall–Kier alpha value is -2.04. The summed E-state index contributed by atoms with van der Waals surface area (Å²) >= 11 is 0. The van der Waals surface area contributed by atoms with Crippen LogP contribution in [0, 0.1) is 0 Å². The maximum absolute atomic E-state index is 12.0. The molecule has 3 rings (SSSR count). The highest BCUT2D eigenvalue weighted by atomic mass is 35.5. The molecule has 0 unspecified atom stereocenters. The van der Waals surface area contributed by atoms with Crippen LogP contribution < -0.4 is 23.5 Å². The molecule has 0 saturated carbocycles. The van der Waals surface area contributed by atoms with Crippen LogP contribution in [-0.2, 0) is 4.74 Å². The average molecular weight is 346 g/mol. The van der Waals surface area contributed by atoms with E-state index in [1.54, 1.807) is 0 Å². The highest BCUT2D eigenvalue weighted by Crippen LogP contribution is 2.44. The van der Waals surface area contributed by atoms with Crippen molar-refractivity contribution in [2.75, 3.05) is 13.2 Å². The molecule has 0 heterocycles. The minimum atomic E-state index is -0.470. The van der Waals surface area contributed by atoms with Crippen molar-refractivity contribution in [2.45, 2.75) is 25.3 Å². The lowest BCUT2D eigenvalue weighted by Crippen LogP contribution is -3.00. The summed E-state index contributed by atoms with van der Waals surface area (Å²) in [5, 5.41) is 2.79. The van der Waals surface area contributed by atoms with Crippen molar-refractivity contribution in [2.24, 2.45) is 5.73 Å². The van der Waals surface area contributed by atoms with E-state index in [1.165, 1.54) is 22.3 Å². The second-order valence-electron chi connectivity index (χ2n) is 6.54. The summed E-state index contributed by atoms with van der Waals surface area (Å²) < 4.78 is 5.47. The lowest BCUT2D eigenvalue weighted by molar-refractivity contribution is -0.0000124. The Bertz CT molecular complexity index is 685. The Morgan fingerprint density at radius 2 is 1.58 bits per heavy atom. The van der Waals surface area contributed by atoms with Crippen LogP contribution in [0.5, 0.6) is 0 Å². The zero-order valence-electron chi connectivity index (χ0n) is 13.9. The number of hydrogen-bond donors (Lipinski definition) is 2. The molecule has 1 aliphatic rings. The van der Waals surface area contributed by atoms with Gasteiger partial charge in [-0.25, -0.2) is 4.79 Å². The number of nitrogens with one attached hydrogen (secondary N) is 1. The van der Waals surface area contributed by atoms with Gasteiger partial charge in [0.2, 0.25) is 0 Å². The van der Waals surface area contributed by atoms with Crippen molar-refractivity contribution >= 4 is 6.09 Å². The maximum Gasteiger partial charge on any atom is 0.407 e. The molecular formula is C19H22ClN2O2-. The number of carbonyl (C=O) groups excluding carboxylic acids is 1. The van der Waals surface area contributed by atoms with E-state index in [-0.39, 0.29) is 18.3 Å². The Labute approximate surface area is 148 Å². The van der Waals surface area contributed by atoms with Crippen LogP contribution in [0.25, 0.3) is 11.1 Å². The molecule has 128 valence electrons. The monoisotopic (exact) mass is 345 g/mol. The molecule has 1 aliphatic carbocycles. The number of amides is 1. The maximum atomic E-state index is 12.0. The van der Waals surface area contributed by atoms with Gasteiger partial charge in [0.05, 0.1) is 0 Å². The lowest BCUT2D eigenvalue weighted by atomic mass is 9.98. The van der Waals surface area contributed by atoms with E-state index in [9.17, 15) is 4.79 Å². The fraction of sp³-hybridized carbons (Fsp3) is 0.316. The van der Waals surface area contributed by atoms with Crippen LogP contribution in [0.15, 0.2) is 48.5 Å². The molecule has 0 aromatic heterocycles. The molecule has 0 bridgehead atoms. The van der Waals surface area contributed by atoms with Gasteiger partial charge in [0.25, 0.3) is 0 Å². The van der Waals surface area contributed by atoms with Gasteiger partial charge in [0.1, 0.15) is 6.61 Å². The number of fused-ring (bicyclic) bond motifs is 3. The Balaban J connectivity index is 0.00000208. The summed E-state index contributed by atoms with van der Waals surface area (Å²) in [6.45, 7) is 4.42. The van der Waals surface area contributed by atoms with Crippen LogP contribution in [0.4, 0.5) is 4.79 Å². The Morgan fingerprint density at radius 3 is 2.08 bits per heavy atom. The molecule has 0 saturated heterocycles. The quantitative estimate of drug-likeness (QED) is 0.836. The Morgan fingerprint density at radius 1 is 1.08 bits per heavy atom. The van der Waals surface area contributed by atoms with Gasteiger partial charge in [-0.3, -0.25) is 0 Å². The smallest absolute Gasteiger partial charge is 0.407 e. The third-order valence-electron chi connectivity index (χ3n) is 4.29. The second-order valence-corrected chi connectivity index (χ2v) is 6.54. The summed E-state index contributed by atoms with van der Waals surface area (Å²) in [7, 11) is 0. The number of benzene rings is 2. The summed E-state index contributed by atoms with van der Waals surface area (Å²) in [6, 6.07) is 16.6. The minimum absolute atomic E-state index is 0. The van der Waals surface area contributed by atoms with Crippen molar-refractivity contribution in [1.29, 1.82) is 0 Å². The first-order valence-electron chi connectivity index (χ1n) is 7.85. The van der Waals surface area contributed by atoms with Crippen molar-refractivity contribution in [3.8, 4) is 11.1 Å². The summed E-state index contributed by atoms with van der Waals surface area (Å²) in [5.41, 5.74) is 10.0. The molecule has 3 N–H and O–H groups in total. The minimum Gasteiger partial charge on any atom is -1.00 e. The zero-order chi connectivity index (χ0) is 16.4. The number of halogens is 1. The fourth-order valence-electron chi connectivity index (χ4n) is 2.96. The van der Waals surface area contributed by atoms with Crippen molar-refractivity contribution < 1.29 is 21.9 Å². The number of ether oxygens (including phenoxy) is 1. The molecule has 0 atom stereocenters. The van der Waals surface area contributed by atoms with Gasteiger partial charge >= 0.3 is 6.09 Å². The van der Waals surface area contributed by atoms with Gasteiger partial charge in [-0.05, 0) is 36.1 Å². The predicted octanol–water partition coefficient (Wildman–Crippen LogP) is 0.266. The summed E-state index contributed by atoms with van der Waals surface area (Å²) in [6.07, 6.45) is -0.428. The molecule has 4 nitrogen and oxygen atoms in total. The third-order valence-corrected chi connectivity index (χ3v) is 4.29. The van der Waals surface area contributed by atoms with Gasteiger partial charge in [0.15, 0.2) is 0 Å². The average Bonchev–Trinajstić information content (AvgIpc) is 2.87. The number of hydrogen-bond acceptors (Lipinski definition) is 3. The van der Waals surface area contributed by atoms with Gasteiger partial charge in [-0.15, -0.1) is 0 Å². The van der Waals surface area contributed by atoms with Gasteiger partial charge in [-0.1, -0.05) is 48.5 Å². The lowest BCUT2D eigenvalue weighted by Gasteiger charge is -2.24. The van der Waals surface area contributed by atoms with Crippen LogP contribution in [0.2, 0.25) is 0 Å². The SMILES string of the molecule is CC(C)(CN)NC(=O)OCC1c2ccccc2-c2ccccc21.[Cl-]. The van der Waals surface area contributed by atoms with E-state index in [0.717, 1.165) is 0 Å². The van der Waals surface area contributed by atoms with Crippen LogP contribution in [-0.4, -0.2) is 24.8 Å². The van der Waals surface area contributed by atoms with E-state index in [0.29, 0.717) is 13.2 Å². The molecule has 24 heavy (non-hydrogen) atoms. The number of alkyl carbamates (subject to hydrolysis) is 1. The number of carbonyl (C=O) groups is 1. The molecule has 2 aromatic rings. The normalized spacial score (nSPS) is 12.8. The van der Waals surface area contributed by atoms with Crippen molar-refractivity contribution in [3.05, 3.63) is 59.7 Å². The number of nitrogens with two attached hydrogens (primary N) is 1. The molecule has 0 spiro atoms. The van der Waals surface area contributed by atoms with E-state index >= 15 is 0 Å². The predicted molar refractivity (Wildman–Crippen MR) is 91.3 cm³/mol. The van der Waals surface area contributed by atoms with E-state index in [4.69, 9.17) is 10.5 Å². The number of rotatable bonds is 4. The van der Waals surface area contributed by atoms with Crippen LogP contribution in [0.1, 0.15) is 30.9 Å². The first-order chi connectivity index (χ1) is 11.0. The molecule has 0 fully saturated rings. The second kappa shape index (κ2) is 7.24. The molecule has 0 radical (unpaired) electrons. The topological polar surface area (TPSA) is 64.3 Å². The largest absolute Gasteiger partial charge is 1.00 e.